The van der Waals surface area contributed by atoms with Gasteiger partial charge in [-0.25, -0.2) is 4.79 Å². The van der Waals surface area contributed by atoms with Crippen LogP contribution in [-0.4, -0.2) is 30.1 Å². The third-order valence-electron chi connectivity index (χ3n) is 1.30. The number of carbonyl (C=O) groups excluding carboxylic acids is 2. The molecule has 1 heterocycles. The van der Waals surface area contributed by atoms with Gasteiger partial charge in [-0.05, 0) is 13.8 Å². The smallest absolute Gasteiger partial charge is 0.360 e. The predicted octanol–water partition coefficient (Wildman–Crippen LogP) is -0.0383. The number of nitrogens with zero attached hydrogens (tertiary/aromatic N) is 1. The van der Waals surface area contributed by atoms with Crippen LogP contribution in [0, 0.1) is 0 Å². The highest BCUT2D eigenvalue weighted by atomic mass is 16.5. The molecule has 0 saturated carbocycles. The van der Waals surface area contributed by atoms with Crippen LogP contribution in [0.2, 0.25) is 0 Å². The summed E-state index contributed by atoms with van der Waals surface area (Å²) in [5, 5.41) is 0. The molecular weight excluding hydrogens is 146 g/mol. The van der Waals surface area contributed by atoms with E-state index in [-0.39, 0.29) is 12.3 Å². The number of hydrogen-bond donors (Lipinski definition) is 0. The fourth-order valence-electron chi connectivity index (χ4n) is 0.795. The highest BCUT2D eigenvalue weighted by Gasteiger charge is 2.28. The normalized spacial score (nSPS) is 22.0. The van der Waals surface area contributed by atoms with E-state index in [0.717, 1.165) is 0 Å². The molecule has 0 fully saturated rings. The molecule has 60 valence electrons. The Hall–Kier alpha value is -1.19. The maximum absolute atomic E-state index is 10.7. The molecule has 11 heavy (non-hydrogen) atoms. The van der Waals surface area contributed by atoms with Crippen LogP contribution >= 0.6 is 0 Å². The quantitative estimate of drug-likeness (QED) is 0.394. The van der Waals surface area contributed by atoms with Gasteiger partial charge in [-0.1, -0.05) is 0 Å². The first-order chi connectivity index (χ1) is 5.05. The summed E-state index contributed by atoms with van der Waals surface area (Å²) in [6.45, 7) is 3.83. The number of esters is 1. The van der Waals surface area contributed by atoms with Crippen LogP contribution < -0.4 is 0 Å². The lowest BCUT2D eigenvalue weighted by Crippen LogP contribution is -2.37. The van der Waals surface area contributed by atoms with E-state index in [1.807, 2.05) is 0 Å². The summed E-state index contributed by atoms with van der Waals surface area (Å²) >= 11 is 0. The van der Waals surface area contributed by atoms with Crippen molar-refractivity contribution in [2.24, 2.45) is 4.99 Å². The summed E-state index contributed by atoms with van der Waals surface area (Å²) < 4.78 is 4.70. The minimum Gasteiger partial charge on any atom is -0.458 e. The first kappa shape index (κ1) is 7.91. The molecule has 1 aliphatic heterocycles. The van der Waals surface area contributed by atoms with Crippen molar-refractivity contribution in [1.82, 2.24) is 0 Å². The highest BCUT2D eigenvalue weighted by Crippen LogP contribution is 2.13. The Labute approximate surface area is 64.3 Å². The maximum atomic E-state index is 10.7. The van der Waals surface area contributed by atoms with E-state index in [9.17, 15) is 9.59 Å². The molecule has 4 nitrogen and oxygen atoms in total. The van der Waals surface area contributed by atoms with Crippen molar-refractivity contribution in [3.8, 4) is 0 Å². The average molecular weight is 155 g/mol. The van der Waals surface area contributed by atoms with E-state index in [1.165, 1.54) is 0 Å². The number of aliphatic imine (C=N–C) groups is 1. The summed E-state index contributed by atoms with van der Waals surface area (Å²) in [6.07, 6.45) is 0.420. The second-order valence-electron chi connectivity index (χ2n) is 3.00. The zero-order valence-electron chi connectivity index (χ0n) is 6.46. The Morgan fingerprint density at radius 1 is 1.64 bits per heavy atom. The van der Waals surface area contributed by atoms with Gasteiger partial charge in [0, 0.05) is 0 Å². The van der Waals surface area contributed by atoms with E-state index in [1.54, 1.807) is 13.8 Å². The van der Waals surface area contributed by atoms with Gasteiger partial charge in [0.15, 0.2) is 12.0 Å². The van der Waals surface area contributed by atoms with Gasteiger partial charge in [-0.15, -0.1) is 0 Å². The molecule has 0 aromatic rings. The topological polar surface area (TPSA) is 55.7 Å². The largest absolute Gasteiger partial charge is 0.458 e. The molecule has 0 unspecified atom stereocenters. The van der Waals surface area contributed by atoms with E-state index < -0.39 is 11.5 Å². The first-order valence-electron chi connectivity index (χ1n) is 3.27. The molecule has 0 amide bonds. The number of carbonyl (C=O) groups is 2. The van der Waals surface area contributed by atoms with E-state index >= 15 is 0 Å². The summed E-state index contributed by atoms with van der Waals surface area (Å²) in [5.41, 5.74) is -0.578. The maximum Gasteiger partial charge on any atom is 0.360 e. The van der Waals surface area contributed by atoms with Crippen LogP contribution in [0.4, 0.5) is 0 Å². The Balaban J connectivity index is 2.94. The molecule has 0 bridgehead atoms. The van der Waals surface area contributed by atoms with Crippen LogP contribution in [0.3, 0.4) is 0 Å². The summed E-state index contributed by atoms with van der Waals surface area (Å²) in [4.78, 5) is 24.8. The van der Waals surface area contributed by atoms with Crippen molar-refractivity contribution in [2.45, 2.75) is 19.4 Å². The Morgan fingerprint density at radius 2 is 2.27 bits per heavy atom. The lowest BCUT2D eigenvalue weighted by atomic mass is 10.1. The van der Waals surface area contributed by atoms with E-state index in [4.69, 9.17) is 4.74 Å². The van der Waals surface area contributed by atoms with Gasteiger partial charge in [0.2, 0.25) is 0 Å². The summed E-state index contributed by atoms with van der Waals surface area (Å²) in [6, 6.07) is 0. The molecule has 0 saturated heterocycles. The fourth-order valence-corrected chi connectivity index (χ4v) is 0.795. The zero-order chi connectivity index (χ0) is 8.48. The highest BCUT2D eigenvalue weighted by molar-refractivity contribution is 6.58. The number of rotatable bonds is 1. The number of ether oxygens (including phenoxy) is 1. The first-order valence-corrected chi connectivity index (χ1v) is 3.27. The third-order valence-corrected chi connectivity index (χ3v) is 1.30. The monoisotopic (exact) mass is 155 g/mol. The molecule has 0 radical (unpaired) electrons. The van der Waals surface area contributed by atoms with Gasteiger partial charge in [0.05, 0.1) is 5.54 Å². The van der Waals surface area contributed by atoms with Gasteiger partial charge in [-0.3, -0.25) is 9.79 Å². The van der Waals surface area contributed by atoms with Gasteiger partial charge in [-0.2, -0.15) is 0 Å². The van der Waals surface area contributed by atoms with Crippen molar-refractivity contribution >= 4 is 18.0 Å². The van der Waals surface area contributed by atoms with Gasteiger partial charge in [0.25, 0.3) is 0 Å². The number of cyclic esters (lactones) is 1. The third kappa shape index (κ3) is 1.63. The minimum atomic E-state index is -0.626. The van der Waals surface area contributed by atoms with E-state index in [2.05, 4.69) is 4.99 Å². The Bertz CT molecular complexity index is 230. The SMILES string of the molecule is CC1(C)COC(=O)C(C=O)=N1. The second-order valence-corrected chi connectivity index (χ2v) is 3.00. The van der Waals surface area contributed by atoms with Gasteiger partial charge < -0.3 is 4.74 Å². The molecule has 0 atom stereocenters. The summed E-state index contributed by atoms with van der Waals surface area (Å²) in [7, 11) is 0. The van der Waals surface area contributed by atoms with Crippen molar-refractivity contribution in [3.05, 3.63) is 0 Å². The zero-order valence-corrected chi connectivity index (χ0v) is 6.46. The van der Waals surface area contributed by atoms with Crippen molar-refractivity contribution in [1.29, 1.82) is 0 Å². The van der Waals surface area contributed by atoms with E-state index in [0.29, 0.717) is 6.29 Å². The van der Waals surface area contributed by atoms with Crippen LogP contribution in [0.15, 0.2) is 4.99 Å². The molecule has 1 aliphatic rings. The second kappa shape index (κ2) is 2.45. The van der Waals surface area contributed by atoms with Crippen LogP contribution in [0.25, 0.3) is 0 Å². The van der Waals surface area contributed by atoms with Crippen molar-refractivity contribution < 1.29 is 14.3 Å². The number of hydrogen-bond acceptors (Lipinski definition) is 4. The standard InChI is InChI=1S/C7H9NO3/c1-7(2)4-11-6(10)5(3-9)8-7/h3H,4H2,1-2H3. The molecule has 0 aliphatic carbocycles. The molecular formula is C7H9NO3. The lowest BCUT2D eigenvalue weighted by molar-refractivity contribution is -0.138. The lowest BCUT2D eigenvalue weighted by Gasteiger charge is -2.23. The van der Waals surface area contributed by atoms with Crippen LogP contribution in [0.1, 0.15) is 13.8 Å². The molecule has 0 spiro atoms. The molecule has 0 aromatic carbocycles. The summed E-state index contributed by atoms with van der Waals surface area (Å²) in [5.74, 6) is -0.626. The molecule has 0 aromatic heterocycles. The Morgan fingerprint density at radius 3 is 2.73 bits per heavy atom. The minimum absolute atomic E-state index is 0.124. The van der Waals surface area contributed by atoms with Gasteiger partial charge in [0.1, 0.15) is 6.61 Å². The predicted molar refractivity (Wildman–Crippen MR) is 38.5 cm³/mol. The van der Waals surface area contributed by atoms with Crippen molar-refractivity contribution in [3.63, 3.8) is 0 Å². The molecule has 1 rings (SSSR count). The van der Waals surface area contributed by atoms with Crippen molar-refractivity contribution in [2.75, 3.05) is 6.61 Å². The molecule has 4 heteroatoms. The fraction of sp³-hybridized carbons (Fsp3) is 0.571. The van der Waals surface area contributed by atoms with Crippen LogP contribution in [0.5, 0.6) is 0 Å². The Kier molecular flexibility index (Phi) is 1.76. The van der Waals surface area contributed by atoms with Crippen LogP contribution in [-0.2, 0) is 14.3 Å². The number of aldehydes is 1. The average Bonchev–Trinajstić information content (AvgIpc) is 1.94. The molecule has 0 N–H and O–H groups in total. The van der Waals surface area contributed by atoms with Gasteiger partial charge >= 0.3 is 5.97 Å².